The maximum Gasteiger partial charge on any atom is 0.309 e. The van der Waals surface area contributed by atoms with E-state index < -0.39 is 0 Å². The van der Waals surface area contributed by atoms with Crippen LogP contribution in [0.3, 0.4) is 0 Å². The molecule has 0 spiro atoms. The maximum atomic E-state index is 12.0. The van der Waals surface area contributed by atoms with Crippen LogP contribution in [0.5, 0.6) is 17.2 Å². The molecule has 1 aliphatic heterocycles. The Hall–Kier alpha value is -2.77. The molecule has 1 aliphatic carbocycles. The van der Waals surface area contributed by atoms with Crippen LogP contribution < -0.4 is 19.5 Å². The summed E-state index contributed by atoms with van der Waals surface area (Å²) in [4.78, 5) is 12.0. The highest BCUT2D eigenvalue weighted by Crippen LogP contribution is 2.36. The third kappa shape index (κ3) is 3.52. The van der Waals surface area contributed by atoms with Crippen molar-refractivity contribution in [3.63, 3.8) is 0 Å². The molecule has 0 bridgehead atoms. The summed E-state index contributed by atoms with van der Waals surface area (Å²) in [6.45, 7) is 1.91. The van der Waals surface area contributed by atoms with E-state index in [1.54, 1.807) is 6.92 Å². The molecule has 1 N–H and O–H groups in total. The summed E-state index contributed by atoms with van der Waals surface area (Å²) in [5.41, 5.74) is 0. The lowest BCUT2D eigenvalue weighted by molar-refractivity contribution is 0.0858. The Balaban J connectivity index is 1.27. The average Bonchev–Trinajstić information content (AvgIpc) is 3.25. The van der Waals surface area contributed by atoms with Gasteiger partial charge in [0.1, 0.15) is 5.75 Å². The zero-order valence-electron chi connectivity index (χ0n) is 13.9. The van der Waals surface area contributed by atoms with E-state index >= 15 is 0 Å². The normalized spacial score (nSPS) is 21.8. The van der Waals surface area contributed by atoms with Crippen molar-refractivity contribution in [2.75, 3.05) is 6.79 Å². The van der Waals surface area contributed by atoms with Crippen molar-refractivity contribution in [2.45, 2.75) is 44.8 Å². The molecule has 25 heavy (non-hydrogen) atoms. The molecule has 132 valence electrons. The summed E-state index contributed by atoms with van der Waals surface area (Å²) < 4.78 is 21.8. The van der Waals surface area contributed by atoms with Crippen LogP contribution in [0.25, 0.3) is 0 Å². The SMILES string of the molecule is Cc1nnc(C(=O)NC2CCC(Oc3ccc4c(c3)OCO4)CC2)o1. The number of rotatable bonds is 4. The van der Waals surface area contributed by atoms with Gasteiger partial charge >= 0.3 is 11.8 Å². The van der Waals surface area contributed by atoms with E-state index in [-0.39, 0.29) is 30.7 Å². The number of nitrogens with zero attached hydrogens (tertiary/aromatic N) is 2. The van der Waals surface area contributed by atoms with E-state index in [1.807, 2.05) is 18.2 Å². The summed E-state index contributed by atoms with van der Waals surface area (Å²) >= 11 is 0. The number of hydrogen-bond acceptors (Lipinski definition) is 7. The van der Waals surface area contributed by atoms with E-state index in [0.717, 1.165) is 37.2 Å². The Morgan fingerprint density at radius 2 is 1.96 bits per heavy atom. The molecular formula is C17H19N3O5. The molecule has 4 rings (SSSR count). The smallest absolute Gasteiger partial charge is 0.309 e. The number of carbonyl (C=O) groups is 1. The van der Waals surface area contributed by atoms with Crippen LogP contribution in [0, 0.1) is 6.92 Å². The number of ether oxygens (including phenoxy) is 3. The van der Waals surface area contributed by atoms with Crippen molar-refractivity contribution < 1.29 is 23.4 Å². The Bertz CT molecular complexity index is 767. The molecule has 0 atom stereocenters. The van der Waals surface area contributed by atoms with Gasteiger partial charge in [0.15, 0.2) is 11.5 Å². The second-order valence-electron chi connectivity index (χ2n) is 6.21. The van der Waals surface area contributed by atoms with Gasteiger partial charge in [-0.25, -0.2) is 0 Å². The molecule has 1 saturated carbocycles. The third-order valence-corrected chi connectivity index (χ3v) is 4.38. The lowest BCUT2D eigenvalue weighted by Crippen LogP contribution is -2.39. The molecule has 0 radical (unpaired) electrons. The molecule has 1 amide bonds. The van der Waals surface area contributed by atoms with Gasteiger partial charge in [-0.1, -0.05) is 0 Å². The van der Waals surface area contributed by atoms with Crippen LogP contribution in [0.15, 0.2) is 22.6 Å². The molecule has 0 saturated heterocycles. The highest BCUT2D eigenvalue weighted by Gasteiger charge is 2.26. The molecule has 2 aromatic rings. The van der Waals surface area contributed by atoms with E-state index in [0.29, 0.717) is 11.6 Å². The fourth-order valence-electron chi connectivity index (χ4n) is 3.10. The first-order valence-corrected chi connectivity index (χ1v) is 8.34. The van der Waals surface area contributed by atoms with Crippen molar-refractivity contribution in [3.05, 3.63) is 30.0 Å². The van der Waals surface area contributed by atoms with Gasteiger partial charge < -0.3 is 23.9 Å². The fraction of sp³-hybridized carbons (Fsp3) is 0.471. The van der Waals surface area contributed by atoms with E-state index in [1.165, 1.54) is 0 Å². The Morgan fingerprint density at radius 3 is 2.72 bits per heavy atom. The Morgan fingerprint density at radius 1 is 1.16 bits per heavy atom. The standard InChI is InChI=1S/C17H19N3O5/c1-10-19-20-17(24-10)16(21)18-11-2-4-12(5-3-11)25-13-6-7-14-15(8-13)23-9-22-14/h6-8,11-12H,2-5,9H2,1H3,(H,18,21). The first-order valence-electron chi connectivity index (χ1n) is 8.34. The zero-order chi connectivity index (χ0) is 17.2. The topological polar surface area (TPSA) is 95.7 Å². The quantitative estimate of drug-likeness (QED) is 0.907. The zero-order valence-corrected chi connectivity index (χ0v) is 13.9. The van der Waals surface area contributed by atoms with E-state index in [2.05, 4.69) is 15.5 Å². The molecule has 2 aliphatic rings. The highest BCUT2D eigenvalue weighted by molar-refractivity contribution is 5.89. The third-order valence-electron chi connectivity index (χ3n) is 4.38. The van der Waals surface area contributed by atoms with E-state index in [4.69, 9.17) is 18.6 Å². The van der Waals surface area contributed by atoms with Crippen molar-refractivity contribution in [1.82, 2.24) is 15.5 Å². The van der Waals surface area contributed by atoms with Crippen LogP contribution in [0.1, 0.15) is 42.3 Å². The molecule has 8 heteroatoms. The first kappa shape index (κ1) is 15.7. The minimum Gasteiger partial charge on any atom is -0.490 e. The van der Waals surface area contributed by atoms with Crippen molar-refractivity contribution in [3.8, 4) is 17.2 Å². The summed E-state index contributed by atoms with van der Waals surface area (Å²) in [6.07, 6.45) is 3.53. The van der Waals surface area contributed by atoms with Gasteiger partial charge in [-0.2, -0.15) is 0 Å². The fourth-order valence-corrected chi connectivity index (χ4v) is 3.10. The molecule has 1 fully saturated rings. The largest absolute Gasteiger partial charge is 0.490 e. The average molecular weight is 345 g/mol. The van der Waals surface area contributed by atoms with Crippen LogP contribution in [0.4, 0.5) is 0 Å². The van der Waals surface area contributed by atoms with E-state index in [9.17, 15) is 4.79 Å². The highest BCUT2D eigenvalue weighted by atomic mass is 16.7. The second-order valence-corrected chi connectivity index (χ2v) is 6.21. The molecular weight excluding hydrogens is 326 g/mol. The molecule has 2 heterocycles. The minimum atomic E-state index is -0.319. The molecule has 0 unspecified atom stereocenters. The maximum absolute atomic E-state index is 12.0. The van der Waals surface area contributed by atoms with Gasteiger partial charge in [-0.3, -0.25) is 4.79 Å². The van der Waals surface area contributed by atoms with Gasteiger partial charge in [-0.15, -0.1) is 10.2 Å². The first-order chi connectivity index (χ1) is 12.2. The summed E-state index contributed by atoms with van der Waals surface area (Å²) in [7, 11) is 0. The predicted molar refractivity (Wildman–Crippen MR) is 85.7 cm³/mol. The summed E-state index contributed by atoms with van der Waals surface area (Å²) in [5.74, 6) is 2.31. The number of benzene rings is 1. The molecule has 8 nitrogen and oxygen atoms in total. The van der Waals surface area contributed by atoms with Crippen LogP contribution >= 0.6 is 0 Å². The monoisotopic (exact) mass is 345 g/mol. The summed E-state index contributed by atoms with van der Waals surface area (Å²) in [5, 5.41) is 10.3. The number of fused-ring (bicyclic) bond motifs is 1. The summed E-state index contributed by atoms with van der Waals surface area (Å²) in [6, 6.07) is 5.69. The van der Waals surface area contributed by atoms with Gasteiger partial charge in [0, 0.05) is 19.0 Å². The molecule has 1 aromatic heterocycles. The van der Waals surface area contributed by atoms with Crippen LogP contribution in [0.2, 0.25) is 0 Å². The lowest BCUT2D eigenvalue weighted by Gasteiger charge is -2.29. The number of carbonyl (C=O) groups excluding carboxylic acids is 1. The Kier molecular flexibility index (Phi) is 4.17. The van der Waals surface area contributed by atoms with Gasteiger partial charge in [0.05, 0.1) is 6.10 Å². The second kappa shape index (κ2) is 6.62. The lowest BCUT2D eigenvalue weighted by atomic mass is 9.93. The number of amides is 1. The minimum absolute atomic E-state index is 0.0104. The van der Waals surface area contributed by atoms with Crippen molar-refractivity contribution >= 4 is 5.91 Å². The van der Waals surface area contributed by atoms with Crippen LogP contribution in [-0.4, -0.2) is 35.0 Å². The van der Waals surface area contributed by atoms with Crippen LogP contribution in [-0.2, 0) is 0 Å². The predicted octanol–water partition coefficient (Wildman–Crippen LogP) is 2.23. The van der Waals surface area contributed by atoms with Crippen molar-refractivity contribution in [1.29, 1.82) is 0 Å². The number of hydrogen-bond donors (Lipinski definition) is 1. The molecule has 1 aromatic carbocycles. The van der Waals surface area contributed by atoms with Gasteiger partial charge in [0.25, 0.3) is 0 Å². The number of aromatic nitrogens is 2. The number of aryl methyl sites for hydroxylation is 1. The van der Waals surface area contributed by atoms with Crippen molar-refractivity contribution in [2.24, 2.45) is 0 Å². The number of nitrogens with one attached hydrogen (secondary N) is 1. The van der Waals surface area contributed by atoms with Gasteiger partial charge in [-0.05, 0) is 37.8 Å². The van der Waals surface area contributed by atoms with Gasteiger partial charge in [0.2, 0.25) is 12.7 Å². The Labute approximate surface area is 144 Å².